The Balaban J connectivity index is 1.86. The summed E-state index contributed by atoms with van der Waals surface area (Å²) in [6.07, 6.45) is 5.47. The molecule has 0 radical (unpaired) electrons. The molecule has 0 spiro atoms. The molecule has 0 amide bonds. The lowest BCUT2D eigenvalue weighted by atomic mass is 9.93. The number of carbonyl (C=O) groups is 1. The number of rotatable bonds is 4. The topological polar surface area (TPSA) is 62.5 Å². The first-order valence-electron chi connectivity index (χ1n) is 6.21. The second-order valence-corrected chi connectivity index (χ2v) is 4.79. The van der Waals surface area contributed by atoms with Crippen LogP contribution < -0.4 is 5.32 Å². The number of carboxylic acid groups (broad SMARTS) is 1. The maximum absolute atomic E-state index is 11.0. The number of benzene rings is 1. The van der Waals surface area contributed by atoms with Gasteiger partial charge in [0.05, 0.1) is 11.8 Å². The van der Waals surface area contributed by atoms with Crippen LogP contribution >= 0.6 is 0 Å². The molecule has 2 N–H and O–H groups in total. The molecular weight excluding hydrogens is 230 g/mol. The van der Waals surface area contributed by atoms with Gasteiger partial charge in [-0.2, -0.15) is 0 Å². The van der Waals surface area contributed by atoms with Crippen molar-refractivity contribution in [3.63, 3.8) is 0 Å². The zero-order valence-electron chi connectivity index (χ0n) is 9.98. The van der Waals surface area contributed by atoms with E-state index in [1.54, 1.807) is 24.5 Å². The molecule has 2 aromatic rings. The molecule has 1 heterocycles. The molecule has 94 valence electrons. The van der Waals surface area contributed by atoms with Crippen LogP contribution in [0.2, 0.25) is 0 Å². The molecule has 0 unspecified atom stereocenters. The van der Waals surface area contributed by atoms with E-state index in [9.17, 15) is 4.79 Å². The zero-order chi connectivity index (χ0) is 12.5. The zero-order valence-corrected chi connectivity index (χ0v) is 9.98. The van der Waals surface area contributed by atoms with Crippen LogP contribution in [0.5, 0.6) is 0 Å². The Morgan fingerprint density at radius 2 is 2.28 bits per heavy atom. The third-order valence-corrected chi connectivity index (χ3v) is 3.59. The van der Waals surface area contributed by atoms with E-state index in [1.807, 2.05) is 0 Å². The summed E-state index contributed by atoms with van der Waals surface area (Å²) in [6, 6.07) is 5.57. The smallest absolute Gasteiger partial charge is 0.335 e. The lowest BCUT2D eigenvalue weighted by Crippen LogP contribution is -2.34. The van der Waals surface area contributed by atoms with Gasteiger partial charge in [-0.15, -0.1) is 0 Å². The molecule has 1 aliphatic carbocycles. The first kappa shape index (κ1) is 11.3. The van der Waals surface area contributed by atoms with Crippen molar-refractivity contribution in [3.05, 3.63) is 35.6 Å². The molecule has 18 heavy (non-hydrogen) atoms. The molecule has 0 aliphatic heterocycles. The third kappa shape index (κ3) is 1.99. The van der Waals surface area contributed by atoms with Gasteiger partial charge in [-0.3, -0.25) is 0 Å². The van der Waals surface area contributed by atoms with E-state index in [1.165, 1.54) is 19.3 Å². The predicted molar refractivity (Wildman–Crippen MR) is 67.7 cm³/mol. The minimum atomic E-state index is -0.906. The quantitative estimate of drug-likeness (QED) is 0.869. The number of nitrogens with one attached hydrogen (secondary N) is 1. The average molecular weight is 245 g/mol. The maximum Gasteiger partial charge on any atom is 0.335 e. The highest BCUT2D eigenvalue weighted by atomic mass is 16.4. The van der Waals surface area contributed by atoms with Gasteiger partial charge in [0.15, 0.2) is 0 Å². The molecule has 1 fully saturated rings. The summed E-state index contributed by atoms with van der Waals surface area (Å²) in [4.78, 5) is 11.0. The molecule has 1 aliphatic rings. The lowest BCUT2D eigenvalue weighted by molar-refractivity contribution is 0.0697. The maximum atomic E-state index is 11.0. The van der Waals surface area contributed by atoms with Gasteiger partial charge in [-0.1, -0.05) is 6.42 Å². The van der Waals surface area contributed by atoms with E-state index in [-0.39, 0.29) is 0 Å². The predicted octanol–water partition coefficient (Wildman–Crippen LogP) is 2.77. The van der Waals surface area contributed by atoms with E-state index >= 15 is 0 Å². The van der Waals surface area contributed by atoms with Gasteiger partial charge >= 0.3 is 5.97 Å². The van der Waals surface area contributed by atoms with Gasteiger partial charge in [0.25, 0.3) is 0 Å². The second kappa shape index (κ2) is 4.46. The van der Waals surface area contributed by atoms with Gasteiger partial charge in [0, 0.05) is 23.5 Å². The number of aromatic carboxylic acids is 1. The highest BCUT2D eigenvalue weighted by molar-refractivity contribution is 5.93. The van der Waals surface area contributed by atoms with Crippen LogP contribution in [0.25, 0.3) is 11.0 Å². The van der Waals surface area contributed by atoms with E-state index in [0.29, 0.717) is 11.6 Å². The molecule has 1 aromatic carbocycles. The van der Waals surface area contributed by atoms with Gasteiger partial charge in [0.2, 0.25) is 0 Å². The first-order chi connectivity index (χ1) is 8.74. The highest BCUT2D eigenvalue weighted by Gasteiger charge is 2.17. The molecule has 3 rings (SSSR count). The highest BCUT2D eigenvalue weighted by Crippen LogP contribution is 2.24. The monoisotopic (exact) mass is 245 g/mol. The number of hydrogen-bond donors (Lipinski definition) is 2. The SMILES string of the molecule is O=C(O)c1ccc2occ(CNC3CCC3)c2c1. The van der Waals surface area contributed by atoms with E-state index in [4.69, 9.17) is 9.52 Å². The van der Waals surface area contributed by atoms with E-state index in [0.717, 1.165) is 23.1 Å². The van der Waals surface area contributed by atoms with Crippen molar-refractivity contribution in [1.29, 1.82) is 0 Å². The third-order valence-electron chi connectivity index (χ3n) is 3.59. The minimum Gasteiger partial charge on any atom is -0.478 e. The Hall–Kier alpha value is -1.81. The van der Waals surface area contributed by atoms with Crippen molar-refractivity contribution in [1.82, 2.24) is 5.32 Å². The number of fused-ring (bicyclic) bond motifs is 1. The number of hydrogen-bond acceptors (Lipinski definition) is 3. The van der Waals surface area contributed by atoms with Crippen LogP contribution in [0.4, 0.5) is 0 Å². The minimum absolute atomic E-state index is 0.300. The van der Waals surface area contributed by atoms with Gasteiger partial charge in [-0.25, -0.2) is 4.79 Å². The fourth-order valence-corrected chi connectivity index (χ4v) is 2.22. The molecule has 0 atom stereocenters. The van der Waals surface area contributed by atoms with Crippen LogP contribution in [0.1, 0.15) is 35.2 Å². The number of carboxylic acids is 1. The Morgan fingerprint density at radius 1 is 1.44 bits per heavy atom. The van der Waals surface area contributed by atoms with Crippen molar-refractivity contribution in [2.75, 3.05) is 0 Å². The summed E-state index contributed by atoms with van der Waals surface area (Å²) in [6.45, 7) is 0.737. The molecule has 1 saturated carbocycles. The first-order valence-corrected chi connectivity index (χ1v) is 6.21. The summed E-state index contributed by atoms with van der Waals surface area (Å²) >= 11 is 0. The van der Waals surface area contributed by atoms with Crippen molar-refractivity contribution >= 4 is 16.9 Å². The van der Waals surface area contributed by atoms with Crippen molar-refractivity contribution in [3.8, 4) is 0 Å². The van der Waals surface area contributed by atoms with Crippen LogP contribution in [-0.4, -0.2) is 17.1 Å². The molecule has 1 aromatic heterocycles. The largest absolute Gasteiger partial charge is 0.478 e. The summed E-state index contributed by atoms with van der Waals surface area (Å²) in [7, 11) is 0. The Bertz CT molecular complexity index is 584. The van der Waals surface area contributed by atoms with Crippen molar-refractivity contribution in [2.24, 2.45) is 0 Å². The molecule has 0 saturated heterocycles. The molecular formula is C14H15NO3. The Kier molecular flexibility index (Phi) is 2.80. The fraction of sp³-hybridized carbons (Fsp3) is 0.357. The fourth-order valence-electron chi connectivity index (χ4n) is 2.22. The Morgan fingerprint density at radius 3 is 2.94 bits per heavy atom. The van der Waals surface area contributed by atoms with Crippen LogP contribution in [0.3, 0.4) is 0 Å². The van der Waals surface area contributed by atoms with Gasteiger partial charge in [0.1, 0.15) is 5.58 Å². The lowest BCUT2D eigenvalue weighted by Gasteiger charge is -2.26. The molecule has 0 bridgehead atoms. The van der Waals surface area contributed by atoms with Crippen molar-refractivity contribution < 1.29 is 14.3 Å². The normalized spacial score (nSPS) is 15.8. The summed E-state index contributed by atoms with van der Waals surface area (Å²) < 4.78 is 5.43. The van der Waals surface area contributed by atoms with Crippen LogP contribution in [0, 0.1) is 0 Å². The summed E-state index contributed by atoms with van der Waals surface area (Å²) in [5.74, 6) is -0.906. The standard InChI is InChI=1S/C14H15NO3/c16-14(17)9-4-5-13-12(6-9)10(8-18-13)7-15-11-2-1-3-11/h4-6,8,11,15H,1-3,7H2,(H,16,17). The Labute approximate surface area is 105 Å². The summed E-state index contributed by atoms with van der Waals surface area (Å²) in [5.41, 5.74) is 2.07. The summed E-state index contributed by atoms with van der Waals surface area (Å²) in [5, 5.41) is 13.3. The van der Waals surface area contributed by atoms with Gasteiger partial charge < -0.3 is 14.8 Å². The molecule has 4 heteroatoms. The average Bonchev–Trinajstić information content (AvgIpc) is 2.69. The second-order valence-electron chi connectivity index (χ2n) is 4.79. The van der Waals surface area contributed by atoms with Gasteiger partial charge in [-0.05, 0) is 31.0 Å². The van der Waals surface area contributed by atoms with E-state index in [2.05, 4.69) is 5.32 Å². The van der Waals surface area contributed by atoms with Crippen LogP contribution in [0.15, 0.2) is 28.9 Å². The molecule has 4 nitrogen and oxygen atoms in total. The van der Waals surface area contributed by atoms with E-state index < -0.39 is 5.97 Å². The van der Waals surface area contributed by atoms with Crippen molar-refractivity contribution in [2.45, 2.75) is 31.8 Å². The number of furan rings is 1. The van der Waals surface area contributed by atoms with Crippen LogP contribution in [-0.2, 0) is 6.54 Å².